The number of nitrogens with zero attached hydrogens (tertiary/aromatic N) is 1. The monoisotopic (exact) mass is 254 g/mol. The number of nitro groups is 1. The van der Waals surface area contributed by atoms with Crippen LogP contribution in [0.2, 0.25) is 0 Å². The first-order valence-corrected chi connectivity index (χ1v) is 6.85. The molecule has 1 rings (SSSR count). The van der Waals surface area contributed by atoms with Crippen LogP contribution in [-0.4, -0.2) is 23.0 Å². The van der Waals surface area contributed by atoms with Gasteiger partial charge < -0.3 is 5.32 Å². The first kappa shape index (κ1) is 13.8. The largest absolute Gasteiger partial charge is 0.385 e. The molecule has 1 aromatic carbocycles. The topological polar surface area (TPSA) is 55.2 Å². The highest BCUT2D eigenvalue weighted by molar-refractivity contribution is 7.99. The van der Waals surface area contributed by atoms with Crippen molar-refractivity contribution < 1.29 is 4.92 Å². The number of hydrogen-bond acceptors (Lipinski definition) is 4. The molecule has 0 fully saturated rings. The third-order valence-electron chi connectivity index (χ3n) is 2.68. The molecule has 1 aromatic rings. The molecule has 0 bridgehead atoms. The number of aryl methyl sites for hydroxylation is 1. The Kier molecular flexibility index (Phi) is 5.28. The molecule has 1 unspecified atom stereocenters. The molecule has 17 heavy (non-hydrogen) atoms. The Balaban J connectivity index is 2.56. The summed E-state index contributed by atoms with van der Waals surface area (Å²) in [6.45, 7) is 4.83. The Labute approximate surface area is 106 Å². The summed E-state index contributed by atoms with van der Waals surface area (Å²) in [5.41, 5.74) is 1.81. The lowest BCUT2D eigenvalue weighted by atomic mass is 10.2. The van der Waals surface area contributed by atoms with Crippen molar-refractivity contribution >= 4 is 23.1 Å². The van der Waals surface area contributed by atoms with E-state index in [9.17, 15) is 10.1 Å². The Morgan fingerprint density at radius 2 is 2.24 bits per heavy atom. The highest BCUT2D eigenvalue weighted by atomic mass is 32.2. The number of nitrogens with one attached hydrogen (secondary N) is 1. The van der Waals surface area contributed by atoms with Gasteiger partial charge in [-0.15, -0.1) is 0 Å². The molecule has 94 valence electrons. The lowest BCUT2D eigenvalue weighted by molar-refractivity contribution is -0.385. The molecular weight excluding hydrogens is 236 g/mol. The molecule has 0 heterocycles. The molecular formula is C12H18N2O2S. The minimum absolute atomic E-state index is 0.174. The van der Waals surface area contributed by atoms with Crippen molar-refractivity contribution in [2.45, 2.75) is 25.5 Å². The summed E-state index contributed by atoms with van der Waals surface area (Å²) in [6, 6.07) is 5.13. The van der Waals surface area contributed by atoms with E-state index in [1.807, 2.05) is 17.8 Å². The maximum absolute atomic E-state index is 10.7. The van der Waals surface area contributed by atoms with Crippen LogP contribution >= 0.6 is 11.8 Å². The predicted octanol–water partition coefficient (Wildman–Crippen LogP) is 3.46. The van der Waals surface area contributed by atoms with Gasteiger partial charge in [-0.05, 0) is 31.7 Å². The number of thioether (sulfide) groups is 1. The van der Waals surface area contributed by atoms with Crippen LogP contribution in [0, 0.1) is 17.0 Å². The molecule has 1 N–H and O–H groups in total. The molecule has 5 heteroatoms. The number of benzene rings is 1. The fourth-order valence-electron chi connectivity index (χ4n) is 1.51. The quantitative estimate of drug-likeness (QED) is 0.624. The van der Waals surface area contributed by atoms with Crippen LogP contribution < -0.4 is 5.32 Å². The SMILES string of the molecule is CSC(C)CCNc1ccc([N+](=O)[O-])c(C)c1. The van der Waals surface area contributed by atoms with Crippen molar-refractivity contribution in [2.75, 3.05) is 18.1 Å². The lowest BCUT2D eigenvalue weighted by Gasteiger charge is -2.10. The molecule has 0 amide bonds. The van der Waals surface area contributed by atoms with Crippen LogP contribution in [0.25, 0.3) is 0 Å². The predicted molar refractivity (Wildman–Crippen MR) is 73.9 cm³/mol. The van der Waals surface area contributed by atoms with Crippen molar-refractivity contribution in [1.82, 2.24) is 0 Å². The van der Waals surface area contributed by atoms with Crippen LogP contribution in [0.5, 0.6) is 0 Å². The number of anilines is 1. The average Bonchev–Trinajstić information content (AvgIpc) is 2.28. The van der Waals surface area contributed by atoms with Gasteiger partial charge in [0.25, 0.3) is 5.69 Å². The summed E-state index contributed by atoms with van der Waals surface area (Å²) in [4.78, 5) is 10.3. The van der Waals surface area contributed by atoms with Gasteiger partial charge in [0.15, 0.2) is 0 Å². The second kappa shape index (κ2) is 6.49. The second-order valence-electron chi connectivity index (χ2n) is 4.02. The summed E-state index contributed by atoms with van der Waals surface area (Å²) in [6.07, 6.45) is 3.18. The van der Waals surface area contributed by atoms with E-state index in [0.29, 0.717) is 10.8 Å². The van der Waals surface area contributed by atoms with Crippen LogP contribution in [0.1, 0.15) is 18.9 Å². The zero-order valence-corrected chi connectivity index (χ0v) is 11.2. The molecule has 0 saturated carbocycles. The first-order chi connectivity index (χ1) is 8.04. The van der Waals surface area contributed by atoms with Gasteiger partial charge in [0.1, 0.15) is 0 Å². The molecule has 1 atom stereocenters. The van der Waals surface area contributed by atoms with Crippen molar-refractivity contribution in [3.05, 3.63) is 33.9 Å². The van der Waals surface area contributed by atoms with Gasteiger partial charge >= 0.3 is 0 Å². The van der Waals surface area contributed by atoms with Crippen LogP contribution in [0.3, 0.4) is 0 Å². The minimum Gasteiger partial charge on any atom is -0.385 e. The van der Waals surface area contributed by atoms with E-state index in [1.165, 1.54) is 0 Å². The Bertz CT molecular complexity index is 396. The van der Waals surface area contributed by atoms with E-state index in [4.69, 9.17) is 0 Å². The smallest absolute Gasteiger partial charge is 0.272 e. The maximum Gasteiger partial charge on any atom is 0.272 e. The summed E-state index contributed by atoms with van der Waals surface area (Å²) in [5, 5.41) is 14.6. The zero-order chi connectivity index (χ0) is 12.8. The summed E-state index contributed by atoms with van der Waals surface area (Å²) in [5.74, 6) is 0. The summed E-state index contributed by atoms with van der Waals surface area (Å²) in [7, 11) is 0. The Morgan fingerprint density at radius 3 is 2.76 bits per heavy atom. The van der Waals surface area contributed by atoms with Crippen LogP contribution in [-0.2, 0) is 0 Å². The fourth-order valence-corrected chi connectivity index (χ4v) is 1.86. The summed E-state index contributed by atoms with van der Waals surface area (Å²) < 4.78 is 0. The molecule has 0 saturated heterocycles. The van der Waals surface area contributed by atoms with E-state index in [0.717, 1.165) is 18.7 Å². The third-order valence-corrected chi connectivity index (χ3v) is 3.72. The van der Waals surface area contributed by atoms with E-state index < -0.39 is 0 Å². The van der Waals surface area contributed by atoms with E-state index in [1.54, 1.807) is 19.1 Å². The van der Waals surface area contributed by atoms with Gasteiger partial charge in [-0.2, -0.15) is 11.8 Å². The third kappa shape index (κ3) is 4.26. The highest BCUT2D eigenvalue weighted by Crippen LogP contribution is 2.21. The Morgan fingerprint density at radius 1 is 1.53 bits per heavy atom. The molecule has 0 spiro atoms. The maximum atomic E-state index is 10.7. The van der Waals surface area contributed by atoms with Crippen molar-refractivity contribution in [3.8, 4) is 0 Å². The van der Waals surface area contributed by atoms with Crippen molar-refractivity contribution in [3.63, 3.8) is 0 Å². The van der Waals surface area contributed by atoms with Crippen LogP contribution in [0.4, 0.5) is 11.4 Å². The van der Waals surface area contributed by atoms with E-state index >= 15 is 0 Å². The second-order valence-corrected chi connectivity index (χ2v) is 5.30. The van der Waals surface area contributed by atoms with E-state index in [-0.39, 0.29) is 10.6 Å². The zero-order valence-electron chi connectivity index (χ0n) is 10.4. The van der Waals surface area contributed by atoms with Gasteiger partial charge in [-0.3, -0.25) is 10.1 Å². The molecule has 0 radical (unpaired) electrons. The van der Waals surface area contributed by atoms with Crippen molar-refractivity contribution in [2.24, 2.45) is 0 Å². The molecule has 4 nitrogen and oxygen atoms in total. The highest BCUT2D eigenvalue weighted by Gasteiger charge is 2.09. The van der Waals surface area contributed by atoms with Gasteiger partial charge in [0.2, 0.25) is 0 Å². The number of nitro benzene ring substituents is 1. The lowest BCUT2D eigenvalue weighted by Crippen LogP contribution is -2.07. The molecule has 0 aliphatic rings. The first-order valence-electron chi connectivity index (χ1n) is 5.56. The standard InChI is InChI=1S/C12H18N2O2S/c1-9-8-11(4-5-12(9)14(15)16)13-7-6-10(2)17-3/h4-5,8,10,13H,6-7H2,1-3H3. The fraction of sp³-hybridized carbons (Fsp3) is 0.500. The average molecular weight is 254 g/mol. The normalized spacial score (nSPS) is 12.2. The number of hydrogen-bond donors (Lipinski definition) is 1. The van der Waals surface area contributed by atoms with Crippen LogP contribution in [0.15, 0.2) is 18.2 Å². The molecule has 0 aliphatic heterocycles. The molecule has 0 aromatic heterocycles. The van der Waals surface area contributed by atoms with Gasteiger partial charge in [-0.1, -0.05) is 6.92 Å². The molecule has 0 aliphatic carbocycles. The van der Waals surface area contributed by atoms with Gasteiger partial charge in [0.05, 0.1) is 4.92 Å². The van der Waals surface area contributed by atoms with Gasteiger partial charge in [-0.25, -0.2) is 0 Å². The number of rotatable bonds is 6. The van der Waals surface area contributed by atoms with E-state index in [2.05, 4.69) is 18.5 Å². The van der Waals surface area contributed by atoms with Gasteiger partial charge in [0, 0.05) is 29.1 Å². The minimum atomic E-state index is -0.352. The Hall–Kier alpha value is -1.23. The summed E-state index contributed by atoms with van der Waals surface area (Å²) >= 11 is 1.84. The van der Waals surface area contributed by atoms with Crippen molar-refractivity contribution in [1.29, 1.82) is 0 Å².